The van der Waals surface area contributed by atoms with Crippen molar-refractivity contribution in [1.82, 2.24) is 10.2 Å². The largest absolute Gasteiger partial charge is 0.497 e. The van der Waals surface area contributed by atoms with Crippen LogP contribution in [0.25, 0.3) is 0 Å². The molecule has 0 aliphatic carbocycles. The molecular formula is C23H28Cl2N2O3. The molecule has 0 unspecified atom stereocenters. The summed E-state index contributed by atoms with van der Waals surface area (Å²) in [6.07, 6.45) is 2.06. The Bertz CT molecular complexity index is 856. The number of carbonyl (C=O) groups excluding carboxylic acids is 2. The molecule has 0 aliphatic rings. The van der Waals surface area contributed by atoms with Crippen molar-refractivity contribution >= 4 is 35.0 Å². The van der Waals surface area contributed by atoms with Crippen LogP contribution < -0.4 is 10.1 Å². The van der Waals surface area contributed by atoms with Crippen molar-refractivity contribution in [3.05, 3.63) is 63.6 Å². The summed E-state index contributed by atoms with van der Waals surface area (Å²) in [6, 6.07) is 11.9. The molecule has 0 bridgehead atoms. The lowest BCUT2D eigenvalue weighted by Crippen LogP contribution is -2.48. The van der Waals surface area contributed by atoms with Crippen molar-refractivity contribution < 1.29 is 14.3 Å². The van der Waals surface area contributed by atoms with Gasteiger partial charge in [-0.2, -0.15) is 0 Å². The molecule has 162 valence electrons. The first kappa shape index (κ1) is 24.0. The molecule has 0 spiro atoms. The van der Waals surface area contributed by atoms with Crippen LogP contribution in [0.1, 0.15) is 37.8 Å². The summed E-state index contributed by atoms with van der Waals surface area (Å²) in [5.74, 6) is 0.401. The Balaban J connectivity index is 2.20. The van der Waals surface area contributed by atoms with Crippen LogP contribution in [-0.4, -0.2) is 36.4 Å². The Labute approximate surface area is 188 Å². The lowest BCUT2D eigenvalue weighted by atomic mass is 10.1. The highest BCUT2D eigenvalue weighted by Gasteiger charge is 2.26. The van der Waals surface area contributed by atoms with Crippen LogP contribution >= 0.6 is 23.2 Å². The maximum absolute atomic E-state index is 13.2. The molecule has 1 N–H and O–H groups in total. The van der Waals surface area contributed by atoms with Crippen LogP contribution in [0.3, 0.4) is 0 Å². The van der Waals surface area contributed by atoms with E-state index in [0.717, 1.165) is 29.7 Å². The zero-order valence-electron chi connectivity index (χ0n) is 17.6. The minimum absolute atomic E-state index is 0.149. The number of rotatable bonds is 10. The molecule has 2 amide bonds. The zero-order chi connectivity index (χ0) is 22.1. The number of unbranched alkanes of at least 4 members (excludes halogenated alkanes) is 1. The van der Waals surface area contributed by atoms with Crippen LogP contribution in [0.2, 0.25) is 10.0 Å². The van der Waals surface area contributed by atoms with Gasteiger partial charge in [-0.05, 0) is 48.7 Å². The first-order valence-corrected chi connectivity index (χ1v) is 10.7. The van der Waals surface area contributed by atoms with E-state index in [2.05, 4.69) is 12.2 Å². The molecule has 2 aromatic rings. The van der Waals surface area contributed by atoms with Crippen molar-refractivity contribution in [2.75, 3.05) is 13.7 Å². The quantitative estimate of drug-likeness (QED) is 0.524. The van der Waals surface area contributed by atoms with E-state index in [1.54, 1.807) is 31.1 Å². The number of benzene rings is 2. The number of nitrogens with zero attached hydrogens (tertiary/aromatic N) is 1. The van der Waals surface area contributed by atoms with E-state index in [1.165, 1.54) is 0 Å². The highest BCUT2D eigenvalue weighted by Crippen LogP contribution is 2.24. The maximum atomic E-state index is 13.2. The summed E-state index contributed by atoms with van der Waals surface area (Å²) >= 11 is 12.1. The Morgan fingerprint density at radius 2 is 1.73 bits per heavy atom. The fraction of sp³-hybridized carbons (Fsp3) is 0.391. The smallest absolute Gasteiger partial charge is 0.242 e. The Hall–Kier alpha value is -2.24. The molecule has 7 heteroatoms. The lowest BCUT2D eigenvalue weighted by molar-refractivity contribution is -0.140. The second-order valence-electron chi connectivity index (χ2n) is 7.12. The SMILES string of the molecule is CCCCNC(=O)[C@H](C)N(Cc1ccc(Cl)c(Cl)c1)C(=O)Cc1ccc(OC)cc1. The van der Waals surface area contributed by atoms with E-state index < -0.39 is 6.04 Å². The number of carbonyl (C=O) groups is 2. The Morgan fingerprint density at radius 1 is 1.07 bits per heavy atom. The lowest BCUT2D eigenvalue weighted by Gasteiger charge is -2.29. The van der Waals surface area contributed by atoms with Gasteiger partial charge in [-0.1, -0.05) is 54.7 Å². The summed E-state index contributed by atoms with van der Waals surface area (Å²) < 4.78 is 5.17. The van der Waals surface area contributed by atoms with Gasteiger partial charge in [-0.3, -0.25) is 9.59 Å². The van der Waals surface area contributed by atoms with E-state index in [9.17, 15) is 9.59 Å². The zero-order valence-corrected chi connectivity index (χ0v) is 19.1. The van der Waals surface area contributed by atoms with Gasteiger partial charge in [-0.25, -0.2) is 0 Å². The van der Waals surface area contributed by atoms with Gasteiger partial charge >= 0.3 is 0 Å². The van der Waals surface area contributed by atoms with E-state index in [1.807, 2.05) is 30.3 Å². The second kappa shape index (κ2) is 11.8. The third-order valence-electron chi connectivity index (χ3n) is 4.85. The van der Waals surface area contributed by atoms with Crippen molar-refractivity contribution in [3.63, 3.8) is 0 Å². The Kier molecular flexibility index (Phi) is 9.47. The van der Waals surface area contributed by atoms with Gasteiger partial charge < -0.3 is 15.0 Å². The van der Waals surface area contributed by atoms with E-state index >= 15 is 0 Å². The van der Waals surface area contributed by atoms with Crippen molar-refractivity contribution in [2.24, 2.45) is 0 Å². The molecule has 0 radical (unpaired) electrons. The minimum Gasteiger partial charge on any atom is -0.497 e. The number of hydrogen-bond acceptors (Lipinski definition) is 3. The van der Waals surface area contributed by atoms with E-state index in [0.29, 0.717) is 16.6 Å². The number of amides is 2. The molecule has 2 rings (SSSR count). The summed E-state index contributed by atoms with van der Waals surface area (Å²) in [4.78, 5) is 27.4. The molecule has 0 aliphatic heterocycles. The van der Waals surface area contributed by atoms with Gasteiger partial charge in [0.2, 0.25) is 11.8 Å². The Morgan fingerprint density at radius 3 is 2.33 bits per heavy atom. The van der Waals surface area contributed by atoms with Gasteiger partial charge in [0.15, 0.2) is 0 Å². The second-order valence-corrected chi connectivity index (χ2v) is 7.93. The first-order valence-electron chi connectivity index (χ1n) is 9.99. The first-order chi connectivity index (χ1) is 14.3. The maximum Gasteiger partial charge on any atom is 0.242 e. The van der Waals surface area contributed by atoms with Gasteiger partial charge in [0.1, 0.15) is 11.8 Å². The van der Waals surface area contributed by atoms with Gasteiger partial charge in [0.05, 0.1) is 23.6 Å². The highest BCUT2D eigenvalue weighted by atomic mass is 35.5. The third-order valence-corrected chi connectivity index (χ3v) is 5.59. The standard InChI is InChI=1S/C23H28Cl2N2O3/c1-4-5-12-26-23(29)16(2)27(15-18-8-11-20(24)21(25)13-18)22(28)14-17-6-9-19(30-3)10-7-17/h6-11,13,16H,4-5,12,14-15H2,1-3H3,(H,26,29)/t16-/m0/s1. The van der Waals surface area contributed by atoms with Crippen LogP contribution in [0, 0.1) is 0 Å². The molecule has 0 saturated carbocycles. The van der Waals surface area contributed by atoms with Crippen molar-refractivity contribution in [3.8, 4) is 5.75 Å². The monoisotopic (exact) mass is 450 g/mol. The molecule has 0 heterocycles. The van der Waals surface area contributed by atoms with Crippen LogP contribution in [-0.2, 0) is 22.6 Å². The molecule has 0 aromatic heterocycles. The molecule has 30 heavy (non-hydrogen) atoms. The number of nitrogens with one attached hydrogen (secondary N) is 1. The molecule has 1 atom stereocenters. The molecule has 5 nitrogen and oxygen atoms in total. The average molecular weight is 451 g/mol. The van der Waals surface area contributed by atoms with Crippen LogP contribution in [0.15, 0.2) is 42.5 Å². The summed E-state index contributed by atoms with van der Waals surface area (Å²) in [7, 11) is 1.60. The molecule has 2 aromatic carbocycles. The number of halogens is 2. The fourth-order valence-electron chi connectivity index (χ4n) is 2.97. The third kappa shape index (κ3) is 6.92. The predicted molar refractivity (Wildman–Crippen MR) is 121 cm³/mol. The average Bonchev–Trinajstić information content (AvgIpc) is 2.74. The van der Waals surface area contributed by atoms with Crippen molar-refractivity contribution in [2.45, 2.75) is 45.7 Å². The molecule has 0 fully saturated rings. The summed E-state index contributed by atoms with van der Waals surface area (Å²) in [5.41, 5.74) is 1.65. The molecular weight excluding hydrogens is 423 g/mol. The minimum atomic E-state index is -0.623. The molecule has 0 saturated heterocycles. The fourth-order valence-corrected chi connectivity index (χ4v) is 3.29. The summed E-state index contributed by atoms with van der Waals surface area (Å²) in [6.45, 7) is 4.65. The topological polar surface area (TPSA) is 58.6 Å². The summed E-state index contributed by atoms with van der Waals surface area (Å²) in [5, 5.41) is 3.77. The van der Waals surface area contributed by atoms with Gasteiger partial charge in [0.25, 0.3) is 0 Å². The number of hydrogen-bond donors (Lipinski definition) is 1. The van der Waals surface area contributed by atoms with Crippen molar-refractivity contribution in [1.29, 1.82) is 0 Å². The van der Waals surface area contributed by atoms with Crippen LogP contribution in [0.4, 0.5) is 0 Å². The normalized spacial score (nSPS) is 11.6. The predicted octanol–water partition coefficient (Wildman–Crippen LogP) is 4.88. The number of ether oxygens (including phenoxy) is 1. The van der Waals surface area contributed by atoms with Crippen LogP contribution in [0.5, 0.6) is 5.75 Å². The van der Waals surface area contributed by atoms with E-state index in [4.69, 9.17) is 27.9 Å². The van der Waals surface area contributed by atoms with Gasteiger partial charge in [-0.15, -0.1) is 0 Å². The number of methoxy groups -OCH3 is 1. The van der Waals surface area contributed by atoms with Gasteiger partial charge in [0, 0.05) is 13.1 Å². The highest BCUT2D eigenvalue weighted by molar-refractivity contribution is 6.42. The van der Waals surface area contributed by atoms with E-state index in [-0.39, 0.29) is 24.8 Å².